The molecule has 10 nitrogen and oxygen atoms in total. The van der Waals surface area contributed by atoms with Crippen LogP contribution in [0.3, 0.4) is 0 Å². The van der Waals surface area contributed by atoms with Crippen molar-refractivity contribution in [1.82, 2.24) is 25.8 Å². The Balaban J connectivity index is 1.78. The second-order valence-electron chi connectivity index (χ2n) is 7.69. The van der Waals surface area contributed by atoms with Crippen LogP contribution in [0.25, 0.3) is 0 Å². The van der Waals surface area contributed by atoms with Crippen LogP contribution in [0.2, 0.25) is 0 Å². The lowest BCUT2D eigenvalue weighted by Gasteiger charge is -2.39. The van der Waals surface area contributed by atoms with E-state index in [1.54, 1.807) is 9.80 Å². The molecule has 3 saturated heterocycles. The minimum Gasteiger partial charge on any atom is -0.355 e. The Morgan fingerprint density at radius 3 is 1.79 bits per heavy atom. The Labute approximate surface area is 165 Å². The third-order valence-corrected chi connectivity index (χ3v) is 5.77. The van der Waals surface area contributed by atoms with Crippen LogP contribution < -0.4 is 16.0 Å². The van der Waals surface area contributed by atoms with Crippen LogP contribution in [0.1, 0.15) is 12.8 Å². The Hall–Kier alpha value is -2.04. The van der Waals surface area contributed by atoms with Gasteiger partial charge in [-0.25, -0.2) is 9.28 Å². The van der Waals surface area contributed by atoms with E-state index in [1.807, 2.05) is 0 Å². The third-order valence-electron chi connectivity index (χ3n) is 5.77. The topological polar surface area (TPSA) is 111 Å². The van der Waals surface area contributed by atoms with Gasteiger partial charge in [-0.3, -0.25) is 14.4 Å². The maximum absolute atomic E-state index is 13.1. The normalized spacial score (nSPS) is 23.6. The molecule has 0 aliphatic carbocycles. The summed E-state index contributed by atoms with van der Waals surface area (Å²) >= 11 is 0. The van der Waals surface area contributed by atoms with Gasteiger partial charge in [0.1, 0.15) is 0 Å². The Kier molecular flexibility index (Phi) is 6.97. The molecule has 10 heteroatoms. The van der Waals surface area contributed by atoms with Crippen molar-refractivity contribution in [2.75, 3.05) is 78.5 Å². The highest BCUT2D eigenvalue weighted by Crippen LogP contribution is 2.16. The van der Waals surface area contributed by atoms with Crippen molar-refractivity contribution >= 4 is 23.6 Å². The molecule has 0 aromatic heterocycles. The van der Waals surface area contributed by atoms with Gasteiger partial charge in [-0.1, -0.05) is 0 Å². The van der Waals surface area contributed by atoms with E-state index in [9.17, 15) is 19.2 Å². The average Bonchev–Trinajstić information content (AvgIpc) is 2.72. The largest absolute Gasteiger partial charge is 0.355 e. The number of carbonyl (C=O) groups excluding carboxylic acids is 4. The Morgan fingerprint density at radius 1 is 0.786 bits per heavy atom. The summed E-state index contributed by atoms with van der Waals surface area (Å²) in [5.74, 6) is -0.529. The number of carbonyl (C=O) groups is 4. The van der Waals surface area contributed by atoms with Gasteiger partial charge < -0.3 is 25.8 Å². The molecule has 3 rings (SSSR count). The van der Waals surface area contributed by atoms with Crippen LogP contribution >= 0.6 is 0 Å². The summed E-state index contributed by atoms with van der Waals surface area (Å²) in [6.45, 7) is 5.61. The van der Waals surface area contributed by atoms with Crippen LogP contribution in [0, 0.1) is 0 Å². The average molecular weight is 395 g/mol. The van der Waals surface area contributed by atoms with Gasteiger partial charge in [-0.15, -0.1) is 0 Å². The highest BCUT2D eigenvalue weighted by Gasteiger charge is 2.43. The first-order valence-corrected chi connectivity index (χ1v) is 10.1. The summed E-state index contributed by atoms with van der Waals surface area (Å²) < 4.78 is -0.251. The van der Waals surface area contributed by atoms with E-state index in [1.165, 1.54) is 0 Å². The monoisotopic (exact) mass is 395 g/mol. The molecule has 0 aromatic carbocycles. The quantitative estimate of drug-likeness (QED) is 0.441. The number of quaternary nitrogens is 1. The summed E-state index contributed by atoms with van der Waals surface area (Å²) in [4.78, 5) is 54.4. The fourth-order valence-electron chi connectivity index (χ4n) is 4.01. The first kappa shape index (κ1) is 20.7. The van der Waals surface area contributed by atoms with E-state index in [0.29, 0.717) is 26.2 Å². The maximum atomic E-state index is 13.1. The minimum absolute atomic E-state index is 0.0516. The SMILES string of the molecule is O=C1CC[N+](CC(=O)N2CCNCC2)(CC(=O)N2CCNCC2)C(=O)CCN1. The molecule has 0 radical (unpaired) electrons. The molecule has 3 aliphatic heterocycles. The van der Waals surface area contributed by atoms with Crippen molar-refractivity contribution in [2.45, 2.75) is 12.8 Å². The number of rotatable bonds is 4. The molecule has 0 unspecified atom stereocenters. The van der Waals surface area contributed by atoms with E-state index in [4.69, 9.17) is 0 Å². The summed E-state index contributed by atoms with van der Waals surface area (Å²) in [7, 11) is 0. The lowest BCUT2D eigenvalue weighted by atomic mass is 10.1. The first-order chi connectivity index (χ1) is 13.5. The minimum atomic E-state index is -0.251. The number of piperazine rings is 2. The van der Waals surface area contributed by atoms with Crippen molar-refractivity contribution in [3.05, 3.63) is 0 Å². The standard InChI is InChI=1S/C18H30N6O4/c25-15-2-12-24(18(28)1-3-21-15,13-16(26)22-8-4-19-5-9-22)14-17(27)23-10-6-20-7-11-23/h19-20H,1-14H2/p+1. The Bertz CT molecular complexity index is 581. The van der Waals surface area contributed by atoms with Crippen molar-refractivity contribution in [3.63, 3.8) is 0 Å². The van der Waals surface area contributed by atoms with E-state index in [0.717, 1.165) is 26.2 Å². The molecule has 3 heterocycles. The molecule has 0 bridgehead atoms. The molecule has 156 valence electrons. The lowest BCUT2D eigenvalue weighted by Crippen LogP contribution is -2.64. The van der Waals surface area contributed by atoms with Crippen molar-refractivity contribution in [3.8, 4) is 0 Å². The van der Waals surface area contributed by atoms with Gasteiger partial charge >= 0.3 is 5.91 Å². The van der Waals surface area contributed by atoms with E-state index < -0.39 is 0 Å². The van der Waals surface area contributed by atoms with Gasteiger partial charge in [-0.05, 0) is 0 Å². The second kappa shape index (κ2) is 9.44. The molecule has 28 heavy (non-hydrogen) atoms. The van der Waals surface area contributed by atoms with Gasteiger partial charge in [-0.2, -0.15) is 0 Å². The summed E-state index contributed by atoms with van der Waals surface area (Å²) in [5.41, 5.74) is 0. The maximum Gasteiger partial charge on any atom is 0.316 e. The first-order valence-electron chi connectivity index (χ1n) is 10.1. The number of amides is 4. The van der Waals surface area contributed by atoms with Crippen LogP contribution in [0.15, 0.2) is 0 Å². The van der Waals surface area contributed by atoms with E-state index in [-0.39, 0.29) is 67.1 Å². The number of hydrogen-bond acceptors (Lipinski definition) is 6. The highest BCUT2D eigenvalue weighted by molar-refractivity contribution is 5.85. The summed E-state index contributed by atoms with van der Waals surface area (Å²) in [5, 5.41) is 9.12. The van der Waals surface area contributed by atoms with Gasteiger partial charge in [0.15, 0.2) is 13.1 Å². The third kappa shape index (κ3) is 5.06. The van der Waals surface area contributed by atoms with E-state index in [2.05, 4.69) is 16.0 Å². The van der Waals surface area contributed by atoms with Crippen molar-refractivity contribution in [2.24, 2.45) is 0 Å². The molecular formula is C18H31N6O4+. The molecule has 3 aliphatic rings. The summed E-state index contributed by atoms with van der Waals surface area (Å²) in [6.07, 6.45) is 0.269. The van der Waals surface area contributed by atoms with Gasteiger partial charge in [0.05, 0.1) is 19.4 Å². The molecule has 3 N–H and O–H groups in total. The predicted octanol–water partition coefficient (Wildman–Crippen LogP) is -2.90. The zero-order valence-electron chi connectivity index (χ0n) is 16.4. The number of nitrogens with one attached hydrogen (secondary N) is 3. The van der Waals surface area contributed by atoms with Crippen molar-refractivity contribution < 1.29 is 23.7 Å². The molecular weight excluding hydrogens is 364 g/mol. The van der Waals surface area contributed by atoms with Gasteiger partial charge in [0.25, 0.3) is 11.8 Å². The molecule has 0 atom stereocenters. The predicted molar refractivity (Wildman–Crippen MR) is 101 cm³/mol. The van der Waals surface area contributed by atoms with Crippen LogP contribution in [0.4, 0.5) is 0 Å². The highest BCUT2D eigenvalue weighted by atomic mass is 16.2. The molecule has 4 amide bonds. The van der Waals surface area contributed by atoms with Gasteiger partial charge in [0.2, 0.25) is 5.91 Å². The zero-order valence-corrected chi connectivity index (χ0v) is 16.4. The van der Waals surface area contributed by atoms with Crippen molar-refractivity contribution in [1.29, 1.82) is 0 Å². The van der Waals surface area contributed by atoms with Gasteiger partial charge in [0, 0.05) is 58.9 Å². The van der Waals surface area contributed by atoms with Crippen LogP contribution in [-0.2, 0) is 19.2 Å². The molecule has 0 spiro atoms. The smallest absolute Gasteiger partial charge is 0.316 e. The Morgan fingerprint density at radius 2 is 1.29 bits per heavy atom. The van der Waals surface area contributed by atoms with E-state index >= 15 is 0 Å². The fraction of sp³-hybridized carbons (Fsp3) is 0.778. The molecule has 0 aromatic rings. The summed E-state index contributed by atoms with van der Waals surface area (Å²) in [6, 6.07) is 0. The lowest BCUT2D eigenvalue weighted by molar-refractivity contribution is -0.839. The molecule has 0 saturated carbocycles. The number of hydrogen-bond donors (Lipinski definition) is 3. The molecule has 3 fully saturated rings. The number of nitrogens with zero attached hydrogens (tertiary/aromatic N) is 3. The van der Waals surface area contributed by atoms with Crippen LogP contribution in [0.5, 0.6) is 0 Å². The second-order valence-corrected chi connectivity index (χ2v) is 7.69. The zero-order chi connectivity index (χ0) is 20.0. The fourth-order valence-corrected chi connectivity index (χ4v) is 4.01. The van der Waals surface area contributed by atoms with Crippen LogP contribution in [-0.4, -0.2) is 116 Å².